The lowest BCUT2D eigenvalue weighted by Gasteiger charge is -2.05. The third kappa shape index (κ3) is 2.45. The summed E-state index contributed by atoms with van der Waals surface area (Å²) in [5.41, 5.74) is 5.35. The molecule has 0 aliphatic rings. The van der Waals surface area contributed by atoms with Gasteiger partial charge in [-0.15, -0.1) is 10.2 Å². The number of hydrogen-bond donors (Lipinski definition) is 1. The summed E-state index contributed by atoms with van der Waals surface area (Å²) in [5, 5.41) is 10.9. The van der Waals surface area contributed by atoms with Crippen molar-refractivity contribution in [3.8, 4) is 0 Å². The molecule has 0 saturated heterocycles. The molecule has 0 amide bonds. The van der Waals surface area contributed by atoms with E-state index in [0.29, 0.717) is 0 Å². The maximum Gasteiger partial charge on any atom is 0.190 e. The van der Waals surface area contributed by atoms with Crippen LogP contribution in [0.15, 0.2) is 23.1 Å². The van der Waals surface area contributed by atoms with Crippen LogP contribution >= 0.6 is 0 Å². The van der Waals surface area contributed by atoms with E-state index in [2.05, 4.69) is 15.4 Å². The lowest BCUT2D eigenvalue weighted by molar-refractivity contribution is 0.592. The van der Waals surface area contributed by atoms with Crippen LogP contribution < -0.4 is 5.73 Å². The van der Waals surface area contributed by atoms with Crippen molar-refractivity contribution in [1.29, 1.82) is 0 Å². The molecule has 0 atom stereocenters. The number of benzene rings is 1. The zero-order valence-electron chi connectivity index (χ0n) is 9.41. The van der Waals surface area contributed by atoms with E-state index >= 15 is 0 Å². The van der Waals surface area contributed by atoms with Gasteiger partial charge in [-0.3, -0.25) is 0 Å². The van der Waals surface area contributed by atoms with Crippen LogP contribution in [0.4, 0.5) is 10.1 Å². The number of anilines is 1. The molecule has 0 fully saturated rings. The zero-order chi connectivity index (χ0) is 13.3. The van der Waals surface area contributed by atoms with Crippen LogP contribution in [0.5, 0.6) is 0 Å². The molecular formula is C9H10FN5O2S. The van der Waals surface area contributed by atoms with Crippen LogP contribution in [-0.2, 0) is 22.6 Å². The highest BCUT2D eigenvalue weighted by atomic mass is 32.2. The lowest BCUT2D eigenvalue weighted by atomic mass is 10.3. The number of tetrazole rings is 1. The van der Waals surface area contributed by atoms with Gasteiger partial charge in [-0.25, -0.2) is 12.8 Å². The number of aryl methyl sites for hydroxylation is 1. The first-order valence-corrected chi connectivity index (χ1v) is 6.54. The van der Waals surface area contributed by atoms with Crippen LogP contribution in [0.2, 0.25) is 0 Å². The number of nitrogen functional groups attached to an aromatic ring is 1. The molecule has 0 saturated carbocycles. The molecule has 2 aromatic rings. The Balaban J connectivity index is 2.36. The van der Waals surface area contributed by atoms with Crippen molar-refractivity contribution in [3.63, 3.8) is 0 Å². The van der Waals surface area contributed by atoms with Crippen molar-refractivity contribution in [1.82, 2.24) is 20.2 Å². The average molecular weight is 271 g/mol. The molecule has 18 heavy (non-hydrogen) atoms. The highest BCUT2D eigenvalue weighted by molar-refractivity contribution is 7.90. The first kappa shape index (κ1) is 12.4. The molecule has 2 rings (SSSR count). The van der Waals surface area contributed by atoms with E-state index in [1.807, 2.05) is 0 Å². The Labute approximate surface area is 102 Å². The molecule has 1 heterocycles. The fourth-order valence-electron chi connectivity index (χ4n) is 1.43. The van der Waals surface area contributed by atoms with E-state index in [-0.39, 0.29) is 16.4 Å². The standard InChI is InChI=1S/C9H10FN5O2S/c1-15-13-9(12-14-15)5-18(16,17)8-3-2-6(10)4-7(8)11/h2-4H,5,11H2,1H3. The van der Waals surface area contributed by atoms with E-state index in [9.17, 15) is 12.8 Å². The molecular weight excluding hydrogens is 261 g/mol. The minimum atomic E-state index is -3.72. The third-order valence-electron chi connectivity index (χ3n) is 2.18. The number of nitrogens with zero attached hydrogens (tertiary/aromatic N) is 4. The van der Waals surface area contributed by atoms with E-state index < -0.39 is 21.4 Å². The topological polar surface area (TPSA) is 104 Å². The van der Waals surface area contributed by atoms with E-state index in [0.717, 1.165) is 23.0 Å². The van der Waals surface area contributed by atoms with E-state index in [1.165, 1.54) is 7.05 Å². The van der Waals surface area contributed by atoms with Gasteiger partial charge < -0.3 is 5.73 Å². The quantitative estimate of drug-likeness (QED) is 0.617. The Bertz CT molecular complexity index is 682. The van der Waals surface area contributed by atoms with Gasteiger partial charge in [0, 0.05) is 0 Å². The molecule has 1 aromatic heterocycles. The summed E-state index contributed by atoms with van der Waals surface area (Å²) in [4.78, 5) is 1.01. The van der Waals surface area contributed by atoms with Crippen LogP contribution in [0.25, 0.3) is 0 Å². The predicted molar refractivity (Wildman–Crippen MR) is 60.5 cm³/mol. The van der Waals surface area contributed by atoms with Gasteiger partial charge in [-0.1, -0.05) is 0 Å². The molecule has 0 aliphatic heterocycles. The van der Waals surface area contributed by atoms with Gasteiger partial charge in [0.05, 0.1) is 17.6 Å². The van der Waals surface area contributed by atoms with Crippen molar-refractivity contribution in [2.75, 3.05) is 5.73 Å². The maximum atomic E-state index is 12.9. The molecule has 9 heteroatoms. The first-order chi connectivity index (χ1) is 8.38. The minimum Gasteiger partial charge on any atom is -0.398 e. The summed E-state index contributed by atoms with van der Waals surface area (Å²) in [6.07, 6.45) is 0. The largest absolute Gasteiger partial charge is 0.398 e. The molecule has 96 valence electrons. The zero-order valence-corrected chi connectivity index (χ0v) is 10.2. The Morgan fingerprint density at radius 1 is 1.44 bits per heavy atom. The fraction of sp³-hybridized carbons (Fsp3) is 0.222. The third-order valence-corrected chi connectivity index (χ3v) is 3.86. The number of hydrogen-bond acceptors (Lipinski definition) is 6. The van der Waals surface area contributed by atoms with Gasteiger partial charge in [0.25, 0.3) is 0 Å². The van der Waals surface area contributed by atoms with Gasteiger partial charge in [-0.2, -0.15) is 4.80 Å². The second-order valence-corrected chi connectivity index (χ2v) is 5.59. The summed E-state index contributed by atoms with van der Waals surface area (Å²) in [6, 6.07) is 3.11. The van der Waals surface area contributed by atoms with Gasteiger partial charge in [0.1, 0.15) is 11.6 Å². The van der Waals surface area contributed by atoms with Gasteiger partial charge >= 0.3 is 0 Å². The van der Waals surface area contributed by atoms with Gasteiger partial charge in [0.2, 0.25) is 0 Å². The molecule has 1 aromatic carbocycles. The summed E-state index contributed by atoms with van der Waals surface area (Å²) in [7, 11) is -2.19. The van der Waals surface area contributed by atoms with Crippen molar-refractivity contribution < 1.29 is 12.8 Å². The van der Waals surface area contributed by atoms with E-state index in [4.69, 9.17) is 5.73 Å². The Morgan fingerprint density at radius 2 is 2.17 bits per heavy atom. The second-order valence-electron chi connectivity index (χ2n) is 3.64. The monoisotopic (exact) mass is 271 g/mol. The summed E-state index contributed by atoms with van der Waals surface area (Å²) in [5.74, 6) is -0.971. The van der Waals surface area contributed by atoms with Crippen LogP contribution in [-0.4, -0.2) is 28.6 Å². The lowest BCUT2D eigenvalue weighted by Crippen LogP contribution is -2.09. The maximum absolute atomic E-state index is 12.9. The van der Waals surface area contributed by atoms with E-state index in [1.54, 1.807) is 0 Å². The molecule has 0 bridgehead atoms. The number of halogens is 1. The normalized spacial score (nSPS) is 11.7. The van der Waals surface area contributed by atoms with Crippen molar-refractivity contribution in [3.05, 3.63) is 29.8 Å². The second kappa shape index (κ2) is 4.33. The summed E-state index contributed by atoms with van der Waals surface area (Å²) in [6.45, 7) is 0. The minimum absolute atomic E-state index is 0.0567. The number of aromatic nitrogens is 4. The molecule has 0 spiro atoms. The molecule has 0 aliphatic carbocycles. The highest BCUT2D eigenvalue weighted by Crippen LogP contribution is 2.22. The van der Waals surface area contributed by atoms with Gasteiger partial charge in [-0.05, 0) is 23.4 Å². The molecule has 7 nitrogen and oxygen atoms in total. The van der Waals surface area contributed by atoms with Crippen LogP contribution in [0, 0.1) is 5.82 Å². The molecule has 0 unspecified atom stereocenters. The Hall–Kier alpha value is -2.03. The highest BCUT2D eigenvalue weighted by Gasteiger charge is 2.21. The number of sulfone groups is 1. The predicted octanol–water partition coefficient (Wildman–Crippen LogP) is -0.0947. The Kier molecular flexibility index (Phi) is 2.99. The first-order valence-electron chi connectivity index (χ1n) is 4.89. The molecule has 0 radical (unpaired) electrons. The Morgan fingerprint density at radius 3 is 2.72 bits per heavy atom. The van der Waals surface area contributed by atoms with Crippen molar-refractivity contribution in [2.45, 2.75) is 10.6 Å². The summed E-state index contributed by atoms with van der Waals surface area (Å²) < 4.78 is 36.9. The molecule has 2 N–H and O–H groups in total. The fourth-order valence-corrected chi connectivity index (χ4v) is 2.74. The number of rotatable bonds is 3. The summed E-state index contributed by atoms with van der Waals surface area (Å²) >= 11 is 0. The number of nitrogens with two attached hydrogens (primary N) is 1. The average Bonchev–Trinajstić information content (AvgIpc) is 2.62. The van der Waals surface area contributed by atoms with Crippen LogP contribution in [0.3, 0.4) is 0 Å². The van der Waals surface area contributed by atoms with Crippen LogP contribution in [0.1, 0.15) is 5.82 Å². The van der Waals surface area contributed by atoms with Crippen molar-refractivity contribution in [2.24, 2.45) is 7.05 Å². The van der Waals surface area contributed by atoms with Crippen molar-refractivity contribution >= 4 is 15.5 Å². The van der Waals surface area contributed by atoms with Gasteiger partial charge in [0.15, 0.2) is 15.7 Å². The SMILES string of the molecule is Cn1nnc(CS(=O)(=O)c2ccc(F)cc2N)n1. The smallest absolute Gasteiger partial charge is 0.190 e.